The molecular weight excluding hydrogens is 280 g/mol. The minimum Gasteiger partial charge on any atom is -0.493 e. The highest BCUT2D eigenvalue weighted by Gasteiger charge is 2.15. The normalized spacial score (nSPS) is 10.5. The molecule has 0 fully saturated rings. The Hall–Kier alpha value is -2.43. The van der Waals surface area contributed by atoms with Crippen LogP contribution in [0.5, 0.6) is 5.75 Å². The summed E-state index contributed by atoms with van der Waals surface area (Å²) in [7, 11) is 0. The maximum atomic E-state index is 12.2. The molecule has 2 aromatic rings. The molecule has 0 bridgehead atoms. The van der Waals surface area contributed by atoms with Gasteiger partial charge in [-0.1, -0.05) is 19.1 Å². The molecule has 0 unspecified atom stereocenters. The molecule has 0 aliphatic rings. The molecule has 0 amide bonds. The van der Waals surface area contributed by atoms with Crippen LogP contribution in [0.25, 0.3) is 11.3 Å². The number of rotatable bonds is 6. The van der Waals surface area contributed by atoms with E-state index >= 15 is 0 Å². The topological polar surface area (TPSA) is 61.2 Å². The first-order chi connectivity index (χ1) is 10.6. The van der Waals surface area contributed by atoms with Crippen molar-refractivity contribution in [1.82, 2.24) is 9.78 Å². The van der Waals surface area contributed by atoms with E-state index in [1.54, 1.807) is 6.07 Å². The summed E-state index contributed by atoms with van der Waals surface area (Å²) >= 11 is 0. The van der Waals surface area contributed by atoms with E-state index in [9.17, 15) is 9.59 Å². The Morgan fingerprint density at radius 1 is 1.27 bits per heavy atom. The second kappa shape index (κ2) is 7.02. The summed E-state index contributed by atoms with van der Waals surface area (Å²) in [6.07, 6.45) is 0.765. The van der Waals surface area contributed by atoms with E-state index in [1.807, 2.05) is 38.1 Å². The first-order valence-electron chi connectivity index (χ1n) is 7.43. The minimum atomic E-state index is -0.341. The Labute approximate surface area is 129 Å². The highest BCUT2D eigenvalue weighted by molar-refractivity contribution is 5.94. The molecule has 22 heavy (non-hydrogen) atoms. The molecule has 0 saturated carbocycles. The fraction of sp³-hybridized carbons (Fsp3) is 0.353. The second-order valence-corrected chi connectivity index (χ2v) is 4.96. The van der Waals surface area contributed by atoms with Gasteiger partial charge in [0.2, 0.25) is 0 Å². The number of aromatic nitrogens is 2. The van der Waals surface area contributed by atoms with E-state index in [0.717, 1.165) is 12.0 Å². The van der Waals surface area contributed by atoms with Gasteiger partial charge in [-0.15, -0.1) is 0 Å². The Morgan fingerprint density at radius 2 is 2.00 bits per heavy atom. The van der Waals surface area contributed by atoms with E-state index in [4.69, 9.17) is 4.74 Å². The number of carbonyl (C=O) groups excluding carboxylic acids is 1. The molecule has 0 aliphatic heterocycles. The summed E-state index contributed by atoms with van der Waals surface area (Å²) in [6, 6.07) is 9.03. The average molecular weight is 300 g/mol. The lowest BCUT2D eigenvalue weighted by molar-refractivity contribution is 0.101. The van der Waals surface area contributed by atoms with E-state index < -0.39 is 0 Å². The summed E-state index contributed by atoms with van der Waals surface area (Å²) in [4.78, 5) is 24.0. The molecule has 0 saturated heterocycles. The van der Waals surface area contributed by atoms with Gasteiger partial charge in [-0.25, -0.2) is 4.68 Å². The third-order valence-corrected chi connectivity index (χ3v) is 3.25. The first-order valence-corrected chi connectivity index (χ1v) is 7.43. The summed E-state index contributed by atoms with van der Waals surface area (Å²) in [5.74, 6) is 0.432. The number of nitrogens with zero attached hydrogens (tertiary/aromatic N) is 2. The minimum absolute atomic E-state index is 0.157. The van der Waals surface area contributed by atoms with Gasteiger partial charge in [-0.3, -0.25) is 9.59 Å². The smallest absolute Gasteiger partial charge is 0.277 e. The summed E-state index contributed by atoms with van der Waals surface area (Å²) in [5, 5.41) is 4.39. The van der Waals surface area contributed by atoms with Gasteiger partial charge >= 0.3 is 0 Å². The van der Waals surface area contributed by atoms with Crippen molar-refractivity contribution in [3.63, 3.8) is 0 Å². The lowest BCUT2D eigenvalue weighted by Crippen LogP contribution is -2.28. The van der Waals surface area contributed by atoms with Gasteiger partial charge < -0.3 is 4.74 Å². The first kappa shape index (κ1) is 15.9. The Morgan fingerprint density at radius 3 is 2.64 bits per heavy atom. The standard InChI is InChI=1S/C17H20N2O3/c1-4-10-19-17(21)14(12(3)20)11-15(18-19)13-8-6-7-9-16(13)22-5-2/h6-9,11H,4-5,10H2,1-3H3. The lowest BCUT2D eigenvalue weighted by Gasteiger charge is -2.12. The molecule has 2 rings (SSSR count). The molecule has 0 radical (unpaired) electrons. The van der Waals surface area contributed by atoms with Crippen molar-refractivity contribution in [2.24, 2.45) is 0 Å². The zero-order valence-electron chi connectivity index (χ0n) is 13.1. The van der Waals surface area contributed by atoms with Crippen molar-refractivity contribution in [2.75, 3.05) is 6.61 Å². The number of hydrogen-bond donors (Lipinski definition) is 0. The van der Waals surface area contributed by atoms with Crippen molar-refractivity contribution in [1.29, 1.82) is 0 Å². The third-order valence-electron chi connectivity index (χ3n) is 3.25. The predicted octanol–water partition coefficient (Wildman–Crippen LogP) is 2.92. The summed E-state index contributed by atoms with van der Waals surface area (Å²) in [6.45, 7) is 6.27. The number of para-hydroxylation sites is 1. The number of ether oxygens (including phenoxy) is 1. The molecule has 1 heterocycles. The van der Waals surface area contributed by atoms with E-state index in [-0.39, 0.29) is 16.9 Å². The quantitative estimate of drug-likeness (QED) is 0.770. The number of Topliss-reactive ketones (excluding diaryl/α,β-unsaturated/α-hetero) is 1. The Kier molecular flexibility index (Phi) is 5.09. The number of carbonyl (C=O) groups is 1. The van der Waals surface area contributed by atoms with Crippen LogP contribution in [-0.4, -0.2) is 22.2 Å². The maximum absolute atomic E-state index is 12.2. The molecule has 5 nitrogen and oxygen atoms in total. The van der Waals surface area contributed by atoms with Crippen molar-refractivity contribution >= 4 is 5.78 Å². The van der Waals surface area contributed by atoms with Crippen LogP contribution in [0.4, 0.5) is 0 Å². The monoisotopic (exact) mass is 300 g/mol. The van der Waals surface area contributed by atoms with Crippen LogP contribution in [0, 0.1) is 0 Å². The molecule has 1 aromatic carbocycles. The van der Waals surface area contributed by atoms with Gasteiger partial charge in [0.1, 0.15) is 5.75 Å². The summed E-state index contributed by atoms with van der Waals surface area (Å²) < 4.78 is 6.97. The van der Waals surface area contributed by atoms with Crippen LogP contribution in [0.1, 0.15) is 37.6 Å². The van der Waals surface area contributed by atoms with Gasteiger partial charge in [-0.2, -0.15) is 5.10 Å². The van der Waals surface area contributed by atoms with Gasteiger partial charge in [0.25, 0.3) is 5.56 Å². The number of aryl methyl sites for hydroxylation is 1. The van der Waals surface area contributed by atoms with Crippen LogP contribution in [0.3, 0.4) is 0 Å². The largest absolute Gasteiger partial charge is 0.493 e. The summed E-state index contributed by atoms with van der Waals surface area (Å²) in [5.41, 5.74) is 1.16. The molecule has 0 spiro atoms. The van der Waals surface area contributed by atoms with Crippen molar-refractivity contribution in [3.8, 4) is 17.0 Å². The van der Waals surface area contributed by atoms with Crippen molar-refractivity contribution in [3.05, 3.63) is 46.2 Å². The Balaban J connectivity index is 2.65. The zero-order chi connectivity index (χ0) is 16.1. The van der Waals surface area contributed by atoms with E-state index in [1.165, 1.54) is 11.6 Å². The third kappa shape index (κ3) is 3.24. The van der Waals surface area contributed by atoms with Crippen LogP contribution < -0.4 is 10.3 Å². The molecule has 116 valence electrons. The number of benzene rings is 1. The molecular formula is C17H20N2O3. The second-order valence-electron chi connectivity index (χ2n) is 4.96. The fourth-order valence-electron chi connectivity index (χ4n) is 2.25. The predicted molar refractivity (Wildman–Crippen MR) is 85.4 cm³/mol. The highest BCUT2D eigenvalue weighted by Crippen LogP contribution is 2.28. The van der Waals surface area contributed by atoms with Gasteiger partial charge in [0.15, 0.2) is 5.78 Å². The van der Waals surface area contributed by atoms with Crippen LogP contribution in [-0.2, 0) is 6.54 Å². The fourth-order valence-corrected chi connectivity index (χ4v) is 2.25. The maximum Gasteiger partial charge on any atom is 0.277 e. The molecule has 5 heteroatoms. The van der Waals surface area contributed by atoms with Crippen LogP contribution in [0.2, 0.25) is 0 Å². The van der Waals surface area contributed by atoms with Crippen LogP contribution >= 0.6 is 0 Å². The highest BCUT2D eigenvalue weighted by atomic mass is 16.5. The molecule has 0 N–H and O–H groups in total. The van der Waals surface area contributed by atoms with Crippen molar-refractivity contribution in [2.45, 2.75) is 33.7 Å². The zero-order valence-corrected chi connectivity index (χ0v) is 13.1. The van der Waals surface area contributed by atoms with Gasteiger partial charge in [0.05, 0.1) is 17.9 Å². The van der Waals surface area contributed by atoms with Gasteiger partial charge in [0, 0.05) is 12.1 Å². The lowest BCUT2D eigenvalue weighted by atomic mass is 10.1. The molecule has 1 aromatic heterocycles. The number of ketones is 1. The van der Waals surface area contributed by atoms with Crippen molar-refractivity contribution < 1.29 is 9.53 Å². The average Bonchev–Trinajstić information content (AvgIpc) is 2.50. The SMILES string of the molecule is CCCn1nc(-c2ccccc2OCC)cc(C(C)=O)c1=O. The Bertz CT molecular complexity index is 735. The van der Waals surface area contributed by atoms with E-state index in [2.05, 4.69) is 5.10 Å². The van der Waals surface area contributed by atoms with Crippen LogP contribution in [0.15, 0.2) is 35.1 Å². The van der Waals surface area contributed by atoms with E-state index in [0.29, 0.717) is 24.6 Å². The van der Waals surface area contributed by atoms with Gasteiger partial charge in [-0.05, 0) is 38.5 Å². The number of hydrogen-bond acceptors (Lipinski definition) is 4. The molecule has 0 aliphatic carbocycles. The molecule has 0 atom stereocenters.